The predicted molar refractivity (Wildman–Crippen MR) is 107 cm³/mol. The van der Waals surface area contributed by atoms with E-state index in [0.29, 0.717) is 12.8 Å². The normalized spacial score (nSPS) is 14.5. The molecule has 0 spiro atoms. The molecule has 4 heteroatoms. The van der Waals surface area contributed by atoms with Crippen LogP contribution in [0.15, 0.2) is 46.9 Å². The number of carbonyl (C=O) groups excluding carboxylic acids is 1. The molecule has 3 nitrogen and oxygen atoms in total. The number of fused-ring (bicyclic) bond motifs is 1. The lowest BCUT2D eigenvalue weighted by Gasteiger charge is -2.15. The molecule has 3 rings (SSSR count). The largest absolute Gasteiger partial charge is 0.486 e. The quantitative estimate of drug-likeness (QED) is 0.494. The highest BCUT2D eigenvalue weighted by atomic mass is 79.9. The van der Waals surface area contributed by atoms with Crippen molar-refractivity contribution in [3.8, 4) is 18.1 Å². The maximum Gasteiger partial charge on any atom is 0.305 e. The SMILES string of the molecule is C#CC.COC(=O)CCc1ccc(OC2CCc3cc(Br)ccc32)cc1. The molecule has 0 radical (unpaired) electrons. The summed E-state index contributed by atoms with van der Waals surface area (Å²) in [7, 11) is 1.41. The van der Waals surface area contributed by atoms with Crippen LogP contribution in [0.5, 0.6) is 5.75 Å². The number of ether oxygens (including phenoxy) is 2. The van der Waals surface area contributed by atoms with E-state index in [0.717, 1.165) is 28.6 Å². The maximum absolute atomic E-state index is 11.2. The number of hydrogen-bond donors (Lipinski definition) is 0. The average molecular weight is 415 g/mol. The van der Waals surface area contributed by atoms with E-state index in [9.17, 15) is 4.79 Å². The van der Waals surface area contributed by atoms with Gasteiger partial charge in [0.1, 0.15) is 11.9 Å². The Bertz CT molecular complexity index is 775. The fraction of sp³-hybridized carbons (Fsp3) is 0.318. The Morgan fingerprint density at radius 1 is 1.27 bits per heavy atom. The van der Waals surface area contributed by atoms with E-state index in [2.05, 4.69) is 51.2 Å². The van der Waals surface area contributed by atoms with Crippen LogP contribution < -0.4 is 4.74 Å². The zero-order chi connectivity index (χ0) is 18.9. The van der Waals surface area contributed by atoms with Crippen molar-refractivity contribution in [3.05, 3.63) is 63.6 Å². The third-order valence-electron chi connectivity index (χ3n) is 4.17. The van der Waals surface area contributed by atoms with Gasteiger partial charge < -0.3 is 9.47 Å². The molecule has 2 aromatic rings. The Morgan fingerprint density at radius 2 is 1.96 bits per heavy atom. The Kier molecular flexibility index (Phi) is 7.74. The van der Waals surface area contributed by atoms with Crippen molar-refractivity contribution in [3.63, 3.8) is 0 Å². The first-order valence-corrected chi connectivity index (χ1v) is 9.34. The smallest absolute Gasteiger partial charge is 0.305 e. The summed E-state index contributed by atoms with van der Waals surface area (Å²) in [4.78, 5) is 11.2. The zero-order valence-electron chi connectivity index (χ0n) is 15.1. The summed E-state index contributed by atoms with van der Waals surface area (Å²) in [6.07, 6.45) is 7.88. The molecular formula is C22H23BrO3. The molecule has 0 saturated carbocycles. The second-order valence-corrected chi connectivity index (χ2v) is 6.91. The van der Waals surface area contributed by atoms with Crippen molar-refractivity contribution in [2.24, 2.45) is 0 Å². The van der Waals surface area contributed by atoms with E-state index in [-0.39, 0.29) is 12.1 Å². The highest BCUT2D eigenvalue weighted by Crippen LogP contribution is 2.36. The lowest BCUT2D eigenvalue weighted by molar-refractivity contribution is -0.140. The highest BCUT2D eigenvalue weighted by molar-refractivity contribution is 9.10. The number of esters is 1. The van der Waals surface area contributed by atoms with E-state index in [4.69, 9.17) is 4.74 Å². The third-order valence-corrected chi connectivity index (χ3v) is 4.67. The van der Waals surface area contributed by atoms with Gasteiger partial charge in [0.05, 0.1) is 7.11 Å². The second kappa shape index (κ2) is 10.0. The Hall–Kier alpha value is -2.25. The lowest BCUT2D eigenvalue weighted by Crippen LogP contribution is -2.04. The predicted octanol–water partition coefficient (Wildman–Crippen LogP) is 5.26. The third kappa shape index (κ3) is 5.64. The molecule has 0 aromatic heterocycles. The van der Waals surface area contributed by atoms with Gasteiger partial charge in [-0.1, -0.05) is 34.1 Å². The molecular weight excluding hydrogens is 392 g/mol. The van der Waals surface area contributed by atoms with Crippen molar-refractivity contribution in [1.82, 2.24) is 0 Å². The van der Waals surface area contributed by atoms with Crippen LogP contribution >= 0.6 is 15.9 Å². The molecule has 0 aliphatic heterocycles. The molecule has 2 aromatic carbocycles. The minimum absolute atomic E-state index is 0.124. The molecule has 1 aliphatic rings. The van der Waals surface area contributed by atoms with Crippen LogP contribution in [0.1, 0.15) is 42.6 Å². The van der Waals surface area contributed by atoms with Crippen LogP contribution in [0.2, 0.25) is 0 Å². The van der Waals surface area contributed by atoms with Crippen LogP contribution in [0.25, 0.3) is 0 Å². The number of aryl methyl sites for hydroxylation is 2. The van der Waals surface area contributed by atoms with E-state index in [1.54, 1.807) is 6.92 Å². The van der Waals surface area contributed by atoms with Gasteiger partial charge in [-0.25, -0.2) is 0 Å². The first-order valence-electron chi connectivity index (χ1n) is 8.55. The van der Waals surface area contributed by atoms with E-state index < -0.39 is 0 Å². The Labute approximate surface area is 163 Å². The molecule has 1 unspecified atom stereocenters. The van der Waals surface area contributed by atoms with Crippen molar-refractivity contribution >= 4 is 21.9 Å². The molecule has 0 bridgehead atoms. The first kappa shape index (κ1) is 20.1. The van der Waals surface area contributed by atoms with Crippen LogP contribution in [-0.2, 0) is 22.4 Å². The standard InChI is InChI=1S/C19H19BrO3.C3H4/c1-22-19(21)11-4-13-2-7-16(8-3-13)23-18-10-5-14-12-15(20)6-9-17(14)18;1-3-2/h2-3,6-9,12,18H,4-5,10-11H2,1H3;1H,2H3. The van der Waals surface area contributed by atoms with Gasteiger partial charge >= 0.3 is 5.97 Å². The molecule has 0 saturated heterocycles. The van der Waals surface area contributed by atoms with Gasteiger partial charge in [0, 0.05) is 10.9 Å². The van der Waals surface area contributed by atoms with Crippen molar-refractivity contribution < 1.29 is 14.3 Å². The summed E-state index contributed by atoms with van der Waals surface area (Å²) < 4.78 is 11.9. The molecule has 26 heavy (non-hydrogen) atoms. The van der Waals surface area contributed by atoms with Crippen molar-refractivity contribution in [2.75, 3.05) is 7.11 Å². The van der Waals surface area contributed by atoms with Crippen LogP contribution in [0, 0.1) is 12.3 Å². The number of terminal acetylenes is 1. The van der Waals surface area contributed by atoms with Crippen molar-refractivity contribution in [2.45, 2.75) is 38.7 Å². The number of carbonyl (C=O) groups is 1. The molecule has 136 valence electrons. The fourth-order valence-electron chi connectivity index (χ4n) is 2.92. The minimum Gasteiger partial charge on any atom is -0.486 e. The second-order valence-electron chi connectivity index (χ2n) is 6.00. The van der Waals surface area contributed by atoms with Gasteiger partial charge in [-0.05, 0) is 67.1 Å². The fourth-order valence-corrected chi connectivity index (χ4v) is 3.33. The summed E-state index contributed by atoms with van der Waals surface area (Å²) in [6.45, 7) is 1.65. The Morgan fingerprint density at radius 3 is 2.62 bits per heavy atom. The van der Waals surface area contributed by atoms with Crippen molar-refractivity contribution in [1.29, 1.82) is 0 Å². The number of halogens is 1. The summed E-state index contributed by atoms with van der Waals surface area (Å²) >= 11 is 3.52. The van der Waals surface area contributed by atoms with Gasteiger partial charge in [0.2, 0.25) is 0 Å². The number of hydrogen-bond acceptors (Lipinski definition) is 3. The minimum atomic E-state index is -0.181. The van der Waals surface area contributed by atoms with Gasteiger partial charge in [0.15, 0.2) is 0 Å². The summed E-state index contributed by atoms with van der Waals surface area (Å²) in [5, 5.41) is 0. The zero-order valence-corrected chi connectivity index (χ0v) is 16.7. The highest BCUT2D eigenvalue weighted by Gasteiger charge is 2.24. The monoisotopic (exact) mass is 414 g/mol. The van der Waals surface area contributed by atoms with E-state index >= 15 is 0 Å². The lowest BCUT2D eigenvalue weighted by atomic mass is 10.1. The summed E-state index contributed by atoms with van der Waals surface area (Å²) in [5.74, 6) is 2.94. The van der Waals surface area contributed by atoms with Crippen LogP contribution in [-0.4, -0.2) is 13.1 Å². The molecule has 0 fully saturated rings. The molecule has 0 amide bonds. The van der Waals surface area contributed by atoms with Crippen LogP contribution in [0.4, 0.5) is 0 Å². The van der Waals surface area contributed by atoms with Crippen LogP contribution in [0.3, 0.4) is 0 Å². The molecule has 0 heterocycles. The molecule has 1 aliphatic carbocycles. The first-order chi connectivity index (χ1) is 12.6. The molecule has 0 N–H and O–H groups in total. The van der Waals surface area contributed by atoms with Gasteiger partial charge in [-0.2, -0.15) is 0 Å². The van der Waals surface area contributed by atoms with Gasteiger partial charge in [-0.15, -0.1) is 12.3 Å². The van der Waals surface area contributed by atoms with E-state index in [1.165, 1.54) is 18.2 Å². The number of rotatable bonds is 5. The molecule has 1 atom stereocenters. The summed E-state index contributed by atoms with van der Waals surface area (Å²) in [5.41, 5.74) is 3.75. The number of methoxy groups -OCH3 is 1. The maximum atomic E-state index is 11.2. The van der Waals surface area contributed by atoms with E-state index in [1.807, 2.05) is 24.3 Å². The van der Waals surface area contributed by atoms with Gasteiger partial charge in [0.25, 0.3) is 0 Å². The average Bonchev–Trinajstić information content (AvgIpc) is 3.03. The Balaban J connectivity index is 0.000000758. The number of benzene rings is 2. The van der Waals surface area contributed by atoms with Gasteiger partial charge in [-0.3, -0.25) is 4.79 Å². The topological polar surface area (TPSA) is 35.5 Å². The summed E-state index contributed by atoms with van der Waals surface area (Å²) in [6, 6.07) is 14.4.